The van der Waals surface area contributed by atoms with Gasteiger partial charge in [-0.3, -0.25) is 0 Å². The number of nitrogens with zero attached hydrogens (tertiary/aromatic N) is 1. The van der Waals surface area contributed by atoms with Crippen molar-refractivity contribution in [3.8, 4) is 11.8 Å². The van der Waals surface area contributed by atoms with E-state index in [9.17, 15) is 0 Å². The lowest BCUT2D eigenvalue weighted by molar-refractivity contribution is 0.264. The molecule has 0 saturated heterocycles. The molecule has 86 valence electrons. The predicted octanol–water partition coefficient (Wildman–Crippen LogP) is 4.31. The lowest BCUT2D eigenvalue weighted by atomic mass is 9.92. The molecule has 0 saturated carbocycles. The van der Waals surface area contributed by atoms with Gasteiger partial charge in [0.2, 0.25) is 0 Å². The summed E-state index contributed by atoms with van der Waals surface area (Å²) in [5.41, 5.74) is -0.376. The highest BCUT2D eigenvalue weighted by Gasteiger charge is 2.16. The molecule has 0 amide bonds. The van der Waals surface area contributed by atoms with Gasteiger partial charge in [0.05, 0.1) is 23.1 Å². The molecule has 0 fully saturated rings. The Hall–Kier alpha value is -0.910. The van der Waals surface area contributed by atoms with Crippen molar-refractivity contribution in [2.45, 2.75) is 20.3 Å². The summed E-state index contributed by atoms with van der Waals surface area (Å²) in [5.74, 6) is 0.597. The molecule has 0 aliphatic heterocycles. The first kappa shape index (κ1) is 13.2. The van der Waals surface area contributed by atoms with Crippen LogP contribution in [0.25, 0.3) is 0 Å². The highest BCUT2D eigenvalue weighted by molar-refractivity contribution is 6.35. The van der Waals surface area contributed by atoms with Crippen molar-refractivity contribution in [2.75, 3.05) is 6.61 Å². The van der Waals surface area contributed by atoms with E-state index in [1.807, 2.05) is 13.8 Å². The van der Waals surface area contributed by atoms with Crippen LogP contribution in [0.3, 0.4) is 0 Å². The third-order valence-corrected chi connectivity index (χ3v) is 2.71. The van der Waals surface area contributed by atoms with Gasteiger partial charge in [-0.1, -0.05) is 23.2 Å². The third kappa shape index (κ3) is 3.92. The molecule has 0 unspecified atom stereocenters. The zero-order valence-corrected chi connectivity index (χ0v) is 10.8. The number of hydrogen-bond acceptors (Lipinski definition) is 2. The van der Waals surface area contributed by atoms with E-state index >= 15 is 0 Å². The van der Waals surface area contributed by atoms with E-state index in [1.54, 1.807) is 18.2 Å². The minimum atomic E-state index is -0.376. The lowest BCUT2D eigenvalue weighted by Crippen LogP contribution is -2.13. The fraction of sp³-hybridized carbons (Fsp3) is 0.417. The Morgan fingerprint density at radius 3 is 2.62 bits per heavy atom. The van der Waals surface area contributed by atoms with Gasteiger partial charge in [0.1, 0.15) is 5.75 Å². The maximum atomic E-state index is 8.83. The minimum absolute atomic E-state index is 0.376. The smallest absolute Gasteiger partial charge is 0.137 e. The summed E-state index contributed by atoms with van der Waals surface area (Å²) in [4.78, 5) is 0. The van der Waals surface area contributed by atoms with Gasteiger partial charge in [-0.15, -0.1) is 0 Å². The van der Waals surface area contributed by atoms with E-state index < -0.39 is 0 Å². The Morgan fingerprint density at radius 1 is 1.38 bits per heavy atom. The quantitative estimate of drug-likeness (QED) is 0.806. The molecule has 0 aliphatic rings. The second kappa shape index (κ2) is 5.43. The fourth-order valence-corrected chi connectivity index (χ4v) is 1.53. The molecule has 0 heterocycles. The largest absolute Gasteiger partial charge is 0.492 e. The van der Waals surface area contributed by atoms with Gasteiger partial charge < -0.3 is 4.74 Å². The molecular formula is C12H13Cl2NO. The SMILES string of the molecule is CC(C)(C#N)CCOc1ccc(Cl)cc1Cl. The molecule has 0 aromatic heterocycles. The van der Waals surface area contributed by atoms with Crippen molar-refractivity contribution in [1.82, 2.24) is 0 Å². The van der Waals surface area contributed by atoms with Gasteiger partial charge in [0.25, 0.3) is 0 Å². The van der Waals surface area contributed by atoms with Crippen molar-refractivity contribution in [3.05, 3.63) is 28.2 Å². The van der Waals surface area contributed by atoms with Gasteiger partial charge >= 0.3 is 0 Å². The molecule has 4 heteroatoms. The van der Waals surface area contributed by atoms with Crippen LogP contribution in [0, 0.1) is 16.7 Å². The summed E-state index contributed by atoms with van der Waals surface area (Å²) in [6.45, 7) is 4.21. The minimum Gasteiger partial charge on any atom is -0.492 e. The van der Waals surface area contributed by atoms with Crippen molar-refractivity contribution in [3.63, 3.8) is 0 Å². The topological polar surface area (TPSA) is 33.0 Å². The second-order valence-electron chi connectivity index (χ2n) is 4.17. The van der Waals surface area contributed by atoms with Crippen LogP contribution in [0.15, 0.2) is 18.2 Å². The van der Waals surface area contributed by atoms with Gasteiger partial charge in [-0.2, -0.15) is 5.26 Å². The Morgan fingerprint density at radius 2 is 2.06 bits per heavy atom. The van der Waals surface area contributed by atoms with Crippen LogP contribution < -0.4 is 4.74 Å². The lowest BCUT2D eigenvalue weighted by Gasteiger charge is -2.15. The zero-order valence-electron chi connectivity index (χ0n) is 9.26. The molecule has 0 N–H and O–H groups in total. The number of benzene rings is 1. The van der Waals surface area contributed by atoms with Gasteiger partial charge in [0, 0.05) is 5.02 Å². The Balaban J connectivity index is 2.53. The van der Waals surface area contributed by atoms with Crippen LogP contribution in [0.4, 0.5) is 0 Å². The Labute approximate surface area is 106 Å². The number of rotatable bonds is 4. The van der Waals surface area contributed by atoms with E-state index in [-0.39, 0.29) is 5.41 Å². The monoisotopic (exact) mass is 257 g/mol. The van der Waals surface area contributed by atoms with Crippen LogP contribution in [-0.4, -0.2) is 6.61 Å². The zero-order chi connectivity index (χ0) is 12.2. The molecule has 0 aliphatic carbocycles. The fourth-order valence-electron chi connectivity index (χ4n) is 1.06. The van der Waals surface area contributed by atoms with Crippen LogP contribution in [0.1, 0.15) is 20.3 Å². The maximum absolute atomic E-state index is 8.83. The molecule has 2 nitrogen and oxygen atoms in total. The van der Waals surface area contributed by atoms with E-state index in [2.05, 4.69) is 6.07 Å². The van der Waals surface area contributed by atoms with Gasteiger partial charge in [0.15, 0.2) is 0 Å². The summed E-state index contributed by atoms with van der Waals surface area (Å²) in [6.07, 6.45) is 0.655. The van der Waals surface area contributed by atoms with Crippen LogP contribution >= 0.6 is 23.2 Å². The first-order valence-corrected chi connectivity index (χ1v) is 5.69. The molecule has 1 aromatic carbocycles. The predicted molar refractivity (Wildman–Crippen MR) is 66.0 cm³/mol. The van der Waals surface area contributed by atoms with Crippen LogP contribution in [0.5, 0.6) is 5.75 Å². The average Bonchev–Trinajstić information content (AvgIpc) is 2.21. The van der Waals surface area contributed by atoms with E-state index in [1.165, 1.54) is 0 Å². The Bertz CT molecular complexity index is 410. The Kier molecular flexibility index (Phi) is 4.46. The van der Waals surface area contributed by atoms with Gasteiger partial charge in [-0.25, -0.2) is 0 Å². The second-order valence-corrected chi connectivity index (χ2v) is 5.01. The van der Waals surface area contributed by atoms with E-state index in [4.69, 9.17) is 33.2 Å². The average molecular weight is 258 g/mol. The van der Waals surface area contributed by atoms with Crippen molar-refractivity contribution in [2.24, 2.45) is 5.41 Å². The van der Waals surface area contributed by atoms with Crippen LogP contribution in [-0.2, 0) is 0 Å². The molecule has 0 spiro atoms. The standard InChI is InChI=1S/C12H13Cl2NO/c1-12(2,8-15)5-6-16-11-4-3-9(13)7-10(11)14/h3-4,7H,5-6H2,1-2H3. The van der Waals surface area contributed by atoms with Crippen molar-refractivity contribution >= 4 is 23.2 Å². The van der Waals surface area contributed by atoms with Crippen LogP contribution in [0.2, 0.25) is 10.0 Å². The highest BCUT2D eigenvalue weighted by Crippen LogP contribution is 2.28. The summed E-state index contributed by atoms with van der Waals surface area (Å²) >= 11 is 11.7. The van der Waals surface area contributed by atoms with E-state index in [0.29, 0.717) is 28.8 Å². The molecule has 0 bridgehead atoms. The molecule has 0 atom stereocenters. The maximum Gasteiger partial charge on any atom is 0.137 e. The molecule has 16 heavy (non-hydrogen) atoms. The summed E-state index contributed by atoms with van der Waals surface area (Å²) in [6, 6.07) is 7.30. The van der Waals surface area contributed by atoms with Gasteiger partial charge in [-0.05, 0) is 38.5 Å². The first-order chi connectivity index (χ1) is 7.44. The number of hydrogen-bond donors (Lipinski definition) is 0. The summed E-state index contributed by atoms with van der Waals surface area (Å²) < 4.78 is 5.49. The number of halogens is 2. The first-order valence-electron chi connectivity index (χ1n) is 4.94. The molecule has 1 aromatic rings. The third-order valence-electron chi connectivity index (χ3n) is 2.18. The number of ether oxygens (including phenoxy) is 1. The number of nitriles is 1. The molecule has 0 radical (unpaired) electrons. The van der Waals surface area contributed by atoms with E-state index in [0.717, 1.165) is 0 Å². The highest BCUT2D eigenvalue weighted by atomic mass is 35.5. The molecular weight excluding hydrogens is 245 g/mol. The van der Waals surface area contributed by atoms with Crippen molar-refractivity contribution in [1.29, 1.82) is 5.26 Å². The summed E-state index contributed by atoms with van der Waals surface area (Å²) in [5, 5.41) is 9.90. The van der Waals surface area contributed by atoms with Crippen molar-refractivity contribution < 1.29 is 4.74 Å². The normalized spacial score (nSPS) is 10.9. The summed E-state index contributed by atoms with van der Waals surface area (Å²) in [7, 11) is 0. The molecule has 1 rings (SSSR count).